The number of benzene rings is 1. The molecule has 3 rings (SSSR count). The topological polar surface area (TPSA) is 145 Å². The van der Waals surface area contributed by atoms with Crippen molar-refractivity contribution in [3.8, 4) is 5.75 Å². The number of primary amides is 2. The summed E-state index contributed by atoms with van der Waals surface area (Å²) in [5.41, 5.74) is 10.6. The first-order valence-electron chi connectivity index (χ1n) is 8.99. The number of anilines is 4. The number of alkyl halides is 2. The highest BCUT2D eigenvalue weighted by atomic mass is 19.3. The van der Waals surface area contributed by atoms with E-state index < -0.39 is 30.0 Å². The van der Waals surface area contributed by atoms with Gasteiger partial charge in [-0.2, -0.15) is 8.78 Å². The number of nitrogens with zero attached hydrogens (tertiary/aromatic N) is 2. The van der Waals surface area contributed by atoms with Crippen molar-refractivity contribution in [3.63, 3.8) is 0 Å². The van der Waals surface area contributed by atoms with E-state index in [9.17, 15) is 22.8 Å². The van der Waals surface area contributed by atoms with Crippen LogP contribution >= 0.6 is 0 Å². The molecule has 2 aromatic heterocycles. The average molecular weight is 446 g/mol. The zero-order chi connectivity index (χ0) is 23.4. The highest BCUT2D eigenvalue weighted by molar-refractivity contribution is 6.01. The van der Waals surface area contributed by atoms with Crippen LogP contribution in [0.4, 0.5) is 36.2 Å². The lowest BCUT2D eigenvalue weighted by atomic mass is 10.1. The van der Waals surface area contributed by atoms with Crippen molar-refractivity contribution >= 4 is 34.8 Å². The maximum absolute atomic E-state index is 13.4. The zero-order valence-corrected chi connectivity index (χ0v) is 16.5. The van der Waals surface area contributed by atoms with Gasteiger partial charge in [-0.3, -0.25) is 9.59 Å². The standard InChI is InChI=1S/C20H17F3N6O3/c1-9-5-15(27-8-12(9)21)29-16-6-14(11(7-26-16)19(25)31)28-13-4-2-3-10(18(24)30)17(13)32-20(22)23/h2-8,20H,1H3,(H2,24,30)(H2,25,31)(H2,26,27,28,29). The van der Waals surface area contributed by atoms with Crippen LogP contribution in [-0.4, -0.2) is 28.4 Å². The van der Waals surface area contributed by atoms with Gasteiger partial charge in [0.15, 0.2) is 5.75 Å². The Balaban J connectivity index is 2.02. The number of aromatic nitrogens is 2. The maximum atomic E-state index is 13.4. The van der Waals surface area contributed by atoms with Crippen LogP contribution in [0.2, 0.25) is 0 Å². The van der Waals surface area contributed by atoms with Crippen molar-refractivity contribution in [1.29, 1.82) is 0 Å². The summed E-state index contributed by atoms with van der Waals surface area (Å²) in [6, 6.07) is 6.73. The van der Waals surface area contributed by atoms with Gasteiger partial charge in [0.2, 0.25) is 0 Å². The number of halogens is 3. The van der Waals surface area contributed by atoms with Crippen molar-refractivity contribution in [2.24, 2.45) is 11.5 Å². The third-order valence-corrected chi connectivity index (χ3v) is 4.23. The van der Waals surface area contributed by atoms with Crippen LogP contribution in [-0.2, 0) is 0 Å². The number of ether oxygens (including phenoxy) is 1. The number of aryl methyl sites for hydroxylation is 1. The van der Waals surface area contributed by atoms with Gasteiger partial charge in [0.25, 0.3) is 11.8 Å². The minimum atomic E-state index is -3.24. The zero-order valence-electron chi connectivity index (χ0n) is 16.5. The van der Waals surface area contributed by atoms with E-state index in [2.05, 4.69) is 25.3 Å². The Morgan fingerprint density at radius 1 is 0.969 bits per heavy atom. The fraction of sp³-hybridized carbons (Fsp3) is 0.100. The molecule has 0 fully saturated rings. The predicted octanol–water partition coefficient (Wildman–Crippen LogP) is 3.21. The third-order valence-electron chi connectivity index (χ3n) is 4.23. The molecule has 3 aromatic rings. The first-order valence-corrected chi connectivity index (χ1v) is 8.99. The van der Waals surface area contributed by atoms with Crippen LogP contribution in [0.1, 0.15) is 26.3 Å². The number of para-hydroxylation sites is 1. The number of hydrogen-bond acceptors (Lipinski definition) is 7. The van der Waals surface area contributed by atoms with Gasteiger partial charge in [-0.15, -0.1) is 0 Å². The Hall–Kier alpha value is -4.35. The highest BCUT2D eigenvalue weighted by Gasteiger charge is 2.20. The van der Waals surface area contributed by atoms with Gasteiger partial charge in [0, 0.05) is 12.3 Å². The summed E-state index contributed by atoms with van der Waals surface area (Å²) in [5, 5.41) is 5.58. The molecular weight excluding hydrogens is 429 g/mol. The first-order chi connectivity index (χ1) is 15.2. The molecule has 0 atom stereocenters. The van der Waals surface area contributed by atoms with Gasteiger partial charge in [-0.1, -0.05) is 6.07 Å². The SMILES string of the molecule is Cc1cc(Nc2cc(Nc3cccc(C(N)=O)c3OC(F)F)c(C(N)=O)cn2)ncc1F. The number of rotatable bonds is 8. The summed E-state index contributed by atoms with van der Waals surface area (Å²) >= 11 is 0. The minimum absolute atomic E-state index is 0.0644. The van der Waals surface area contributed by atoms with Gasteiger partial charge in [0.05, 0.1) is 28.7 Å². The second-order valence-electron chi connectivity index (χ2n) is 6.47. The molecular formula is C20H17F3N6O3. The van der Waals surface area contributed by atoms with E-state index in [1.165, 1.54) is 30.3 Å². The molecule has 2 heterocycles. The summed E-state index contributed by atoms with van der Waals surface area (Å²) in [6.45, 7) is -1.69. The van der Waals surface area contributed by atoms with Crippen LogP contribution in [0.3, 0.4) is 0 Å². The lowest BCUT2D eigenvalue weighted by Gasteiger charge is -2.17. The Labute approximate surface area is 179 Å². The van der Waals surface area contributed by atoms with E-state index >= 15 is 0 Å². The molecule has 0 aliphatic rings. The van der Waals surface area contributed by atoms with Crippen molar-refractivity contribution in [3.05, 3.63) is 65.2 Å². The second-order valence-corrected chi connectivity index (χ2v) is 6.47. The number of nitrogens with two attached hydrogens (primary N) is 2. The molecule has 1 aromatic carbocycles. The van der Waals surface area contributed by atoms with Crippen LogP contribution in [0, 0.1) is 12.7 Å². The number of amides is 2. The number of nitrogens with one attached hydrogen (secondary N) is 2. The Morgan fingerprint density at radius 3 is 2.25 bits per heavy atom. The molecule has 0 spiro atoms. The summed E-state index contributed by atoms with van der Waals surface area (Å²) in [7, 11) is 0. The van der Waals surface area contributed by atoms with Crippen molar-refractivity contribution in [1.82, 2.24) is 9.97 Å². The summed E-state index contributed by atoms with van der Waals surface area (Å²) in [5.74, 6) is -2.40. The molecule has 0 radical (unpaired) electrons. The predicted molar refractivity (Wildman–Crippen MR) is 110 cm³/mol. The largest absolute Gasteiger partial charge is 0.432 e. The molecule has 32 heavy (non-hydrogen) atoms. The molecule has 9 nitrogen and oxygen atoms in total. The Morgan fingerprint density at radius 2 is 1.62 bits per heavy atom. The smallest absolute Gasteiger partial charge is 0.387 e. The van der Waals surface area contributed by atoms with E-state index in [4.69, 9.17) is 11.5 Å². The monoisotopic (exact) mass is 446 g/mol. The number of carbonyl (C=O) groups is 2. The van der Waals surface area contributed by atoms with Crippen LogP contribution < -0.4 is 26.8 Å². The quantitative estimate of drug-likeness (QED) is 0.416. The molecule has 12 heteroatoms. The molecule has 0 aliphatic carbocycles. The van der Waals surface area contributed by atoms with E-state index in [-0.39, 0.29) is 34.1 Å². The number of hydrogen-bond donors (Lipinski definition) is 4. The molecule has 166 valence electrons. The average Bonchev–Trinajstić information content (AvgIpc) is 2.71. The molecule has 0 aliphatic heterocycles. The summed E-state index contributed by atoms with van der Waals surface area (Å²) in [6.07, 6.45) is 2.17. The van der Waals surface area contributed by atoms with Crippen molar-refractivity contribution in [2.45, 2.75) is 13.5 Å². The van der Waals surface area contributed by atoms with E-state index in [1.54, 1.807) is 6.92 Å². The van der Waals surface area contributed by atoms with E-state index in [1.807, 2.05) is 0 Å². The maximum Gasteiger partial charge on any atom is 0.387 e. The van der Waals surface area contributed by atoms with Gasteiger partial charge >= 0.3 is 6.61 Å². The molecule has 2 amide bonds. The summed E-state index contributed by atoms with van der Waals surface area (Å²) < 4.78 is 43.8. The van der Waals surface area contributed by atoms with Gasteiger partial charge in [-0.25, -0.2) is 14.4 Å². The third kappa shape index (κ3) is 5.03. The highest BCUT2D eigenvalue weighted by Crippen LogP contribution is 2.34. The van der Waals surface area contributed by atoms with Crippen molar-refractivity contribution < 1.29 is 27.5 Å². The first kappa shape index (κ1) is 22.3. The molecule has 0 bridgehead atoms. The van der Waals surface area contributed by atoms with Crippen molar-refractivity contribution in [2.75, 3.05) is 10.6 Å². The number of carbonyl (C=O) groups excluding carboxylic acids is 2. The molecule has 6 N–H and O–H groups in total. The number of pyridine rings is 2. The Kier molecular flexibility index (Phi) is 6.42. The van der Waals surface area contributed by atoms with Gasteiger partial charge in [-0.05, 0) is 30.7 Å². The molecule has 0 saturated heterocycles. The fourth-order valence-corrected chi connectivity index (χ4v) is 2.75. The minimum Gasteiger partial charge on any atom is -0.432 e. The fourth-order valence-electron chi connectivity index (χ4n) is 2.75. The molecule has 0 unspecified atom stereocenters. The van der Waals surface area contributed by atoms with E-state index in [0.29, 0.717) is 5.56 Å². The van der Waals surface area contributed by atoms with E-state index in [0.717, 1.165) is 12.4 Å². The summed E-state index contributed by atoms with van der Waals surface area (Å²) in [4.78, 5) is 31.4. The normalized spacial score (nSPS) is 10.7. The lowest BCUT2D eigenvalue weighted by Crippen LogP contribution is -2.17. The molecule has 0 saturated carbocycles. The second kappa shape index (κ2) is 9.20. The van der Waals surface area contributed by atoms with Gasteiger partial charge in [0.1, 0.15) is 17.5 Å². The lowest BCUT2D eigenvalue weighted by molar-refractivity contribution is -0.0496. The van der Waals surface area contributed by atoms with Crippen LogP contribution in [0.25, 0.3) is 0 Å². The van der Waals surface area contributed by atoms with Gasteiger partial charge < -0.3 is 26.8 Å². The van der Waals surface area contributed by atoms with Crippen LogP contribution in [0.5, 0.6) is 5.75 Å². The van der Waals surface area contributed by atoms with Crippen LogP contribution in [0.15, 0.2) is 42.7 Å². The Bertz CT molecular complexity index is 1190.